The van der Waals surface area contributed by atoms with E-state index in [1.165, 1.54) is 18.8 Å². The molecule has 6 nitrogen and oxygen atoms in total. The van der Waals surface area contributed by atoms with Gasteiger partial charge in [0.1, 0.15) is 5.69 Å². The second-order valence-corrected chi connectivity index (χ2v) is 5.86. The number of hydrogen-bond donors (Lipinski definition) is 1. The number of hydrogen-bond acceptors (Lipinski definition) is 5. The zero-order valence-electron chi connectivity index (χ0n) is 13.2. The molecule has 1 aromatic heterocycles. The third-order valence-corrected chi connectivity index (χ3v) is 3.90. The van der Waals surface area contributed by atoms with Crippen molar-refractivity contribution in [3.05, 3.63) is 18.1 Å². The Morgan fingerprint density at radius 1 is 1.43 bits per heavy atom. The van der Waals surface area contributed by atoms with Crippen molar-refractivity contribution < 1.29 is 9.53 Å². The first kappa shape index (κ1) is 15.7. The van der Waals surface area contributed by atoms with Crippen molar-refractivity contribution in [2.45, 2.75) is 51.8 Å². The van der Waals surface area contributed by atoms with Gasteiger partial charge in [-0.15, -0.1) is 0 Å². The zero-order chi connectivity index (χ0) is 15.4. The molecule has 1 saturated heterocycles. The van der Waals surface area contributed by atoms with E-state index in [2.05, 4.69) is 34.2 Å². The van der Waals surface area contributed by atoms with Crippen LogP contribution in [0, 0.1) is 0 Å². The molecule has 116 valence electrons. The first-order valence-corrected chi connectivity index (χ1v) is 7.46. The maximum absolute atomic E-state index is 12.1. The summed E-state index contributed by atoms with van der Waals surface area (Å²) >= 11 is 0. The lowest BCUT2D eigenvalue weighted by Gasteiger charge is -2.23. The molecule has 0 saturated carbocycles. The highest BCUT2D eigenvalue weighted by molar-refractivity contribution is 5.91. The molecule has 2 atom stereocenters. The molecule has 0 radical (unpaired) electrons. The molecule has 0 bridgehead atoms. The number of amides is 1. The van der Waals surface area contributed by atoms with E-state index < -0.39 is 0 Å². The first-order chi connectivity index (χ1) is 9.97. The van der Waals surface area contributed by atoms with Gasteiger partial charge in [0.25, 0.3) is 5.91 Å². The third-order valence-electron chi connectivity index (χ3n) is 3.90. The van der Waals surface area contributed by atoms with Crippen LogP contribution in [0.3, 0.4) is 0 Å². The number of ether oxygens (including phenoxy) is 1. The lowest BCUT2D eigenvalue weighted by Crippen LogP contribution is -2.40. The van der Waals surface area contributed by atoms with Gasteiger partial charge in [-0.2, -0.15) is 0 Å². The van der Waals surface area contributed by atoms with Crippen LogP contribution in [0.2, 0.25) is 0 Å². The normalized spacial score (nSPS) is 22.5. The molecule has 1 amide bonds. The highest BCUT2D eigenvalue weighted by Gasteiger charge is 2.27. The molecule has 2 heterocycles. The van der Waals surface area contributed by atoms with Crippen molar-refractivity contribution in [1.82, 2.24) is 20.2 Å². The van der Waals surface area contributed by atoms with Gasteiger partial charge in [-0.1, -0.05) is 0 Å². The maximum atomic E-state index is 12.1. The number of rotatable bonds is 5. The Morgan fingerprint density at radius 2 is 2.19 bits per heavy atom. The van der Waals surface area contributed by atoms with Gasteiger partial charge < -0.3 is 10.1 Å². The largest absolute Gasteiger partial charge is 0.474 e. The first-order valence-electron chi connectivity index (χ1n) is 7.46. The number of aromatic nitrogens is 2. The highest BCUT2D eigenvalue weighted by atomic mass is 16.5. The standard InChI is InChI=1S/C15H24N4O2/c1-10(2)21-14-9-16-13(8-17-14)15(20)18-7-12-6-5-11(3)19(12)4/h8-12H,5-7H2,1-4H3,(H,18,20)/t11-,12-/m0/s1. The number of nitrogens with zero attached hydrogens (tertiary/aromatic N) is 3. The van der Waals surface area contributed by atoms with Crippen LogP contribution >= 0.6 is 0 Å². The Bertz CT molecular complexity index is 475. The van der Waals surface area contributed by atoms with Gasteiger partial charge in [0.05, 0.1) is 18.5 Å². The fraction of sp³-hybridized carbons (Fsp3) is 0.667. The van der Waals surface area contributed by atoms with Crippen LogP contribution in [0.4, 0.5) is 0 Å². The summed E-state index contributed by atoms with van der Waals surface area (Å²) in [5.41, 5.74) is 0.319. The van der Waals surface area contributed by atoms with Crippen LogP contribution in [-0.2, 0) is 0 Å². The van der Waals surface area contributed by atoms with Gasteiger partial charge in [0, 0.05) is 18.6 Å². The number of likely N-dealkylation sites (tertiary alicyclic amines) is 1. The number of carbonyl (C=O) groups excluding carboxylic acids is 1. The van der Waals surface area contributed by atoms with Crippen molar-refractivity contribution in [3.8, 4) is 5.88 Å². The molecule has 6 heteroatoms. The molecule has 1 N–H and O–H groups in total. The smallest absolute Gasteiger partial charge is 0.271 e. The summed E-state index contributed by atoms with van der Waals surface area (Å²) in [6.45, 7) is 6.69. The quantitative estimate of drug-likeness (QED) is 0.890. The third kappa shape index (κ3) is 4.14. The molecule has 0 spiro atoms. The minimum Gasteiger partial charge on any atom is -0.474 e. The lowest BCUT2D eigenvalue weighted by atomic mass is 10.2. The zero-order valence-corrected chi connectivity index (χ0v) is 13.2. The highest BCUT2D eigenvalue weighted by Crippen LogP contribution is 2.20. The van der Waals surface area contributed by atoms with Crippen molar-refractivity contribution in [2.24, 2.45) is 0 Å². The van der Waals surface area contributed by atoms with Crippen LogP contribution in [-0.4, -0.2) is 52.6 Å². The molecule has 1 aliphatic rings. The lowest BCUT2D eigenvalue weighted by molar-refractivity contribution is 0.0935. The fourth-order valence-corrected chi connectivity index (χ4v) is 2.48. The fourth-order valence-electron chi connectivity index (χ4n) is 2.48. The minimum absolute atomic E-state index is 0.0406. The van der Waals surface area contributed by atoms with E-state index in [4.69, 9.17) is 4.74 Å². The molecular weight excluding hydrogens is 268 g/mol. The molecule has 0 aromatic carbocycles. The van der Waals surface area contributed by atoms with Crippen LogP contribution in [0.5, 0.6) is 5.88 Å². The van der Waals surface area contributed by atoms with Gasteiger partial charge in [0.2, 0.25) is 5.88 Å². The average molecular weight is 292 g/mol. The Balaban J connectivity index is 1.86. The Kier molecular flexibility index (Phi) is 5.12. The Labute approximate surface area is 125 Å². The Morgan fingerprint density at radius 3 is 2.71 bits per heavy atom. The van der Waals surface area contributed by atoms with E-state index in [0.717, 1.165) is 6.42 Å². The van der Waals surface area contributed by atoms with E-state index >= 15 is 0 Å². The topological polar surface area (TPSA) is 67.3 Å². The number of carbonyl (C=O) groups is 1. The molecule has 0 unspecified atom stereocenters. The molecule has 0 aliphatic carbocycles. The van der Waals surface area contributed by atoms with Crippen LogP contribution < -0.4 is 10.1 Å². The molecule has 21 heavy (non-hydrogen) atoms. The van der Waals surface area contributed by atoms with Gasteiger partial charge in [0.15, 0.2) is 0 Å². The average Bonchev–Trinajstić information content (AvgIpc) is 2.76. The second-order valence-electron chi connectivity index (χ2n) is 5.86. The van der Waals surface area contributed by atoms with E-state index in [1.807, 2.05) is 13.8 Å². The van der Waals surface area contributed by atoms with E-state index in [-0.39, 0.29) is 12.0 Å². The monoisotopic (exact) mass is 292 g/mol. The molecule has 1 aliphatic heterocycles. The van der Waals surface area contributed by atoms with E-state index in [0.29, 0.717) is 30.2 Å². The number of nitrogens with one attached hydrogen (secondary N) is 1. The summed E-state index contributed by atoms with van der Waals surface area (Å²) in [7, 11) is 2.10. The Hall–Kier alpha value is -1.69. The van der Waals surface area contributed by atoms with Gasteiger partial charge >= 0.3 is 0 Å². The second kappa shape index (κ2) is 6.85. The summed E-state index contributed by atoms with van der Waals surface area (Å²) in [6.07, 6.45) is 5.27. The summed E-state index contributed by atoms with van der Waals surface area (Å²) in [4.78, 5) is 22.5. The summed E-state index contributed by atoms with van der Waals surface area (Å²) in [5.74, 6) is 0.248. The van der Waals surface area contributed by atoms with Crippen LogP contribution in [0.25, 0.3) is 0 Å². The van der Waals surface area contributed by atoms with Gasteiger partial charge in [-0.3, -0.25) is 9.69 Å². The molecule has 2 rings (SSSR count). The van der Waals surface area contributed by atoms with Gasteiger partial charge in [-0.25, -0.2) is 9.97 Å². The van der Waals surface area contributed by atoms with Crippen molar-refractivity contribution in [2.75, 3.05) is 13.6 Å². The SMILES string of the molecule is CC(C)Oc1cnc(C(=O)NC[C@@H]2CC[C@H](C)N2C)cn1. The van der Waals surface area contributed by atoms with Crippen molar-refractivity contribution in [3.63, 3.8) is 0 Å². The molecular formula is C15H24N4O2. The molecule has 1 aromatic rings. The predicted molar refractivity (Wildman–Crippen MR) is 80.4 cm³/mol. The maximum Gasteiger partial charge on any atom is 0.271 e. The summed E-state index contributed by atoms with van der Waals surface area (Å²) in [6, 6.07) is 0.986. The number of likely N-dealkylation sites (N-methyl/N-ethyl adjacent to an activating group) is 1. The van der Waals surface area contributed by atoms with E-state index in [1.54, 1.807) is 0 Å². The van der Waals surface area contributed by atoms with Gasteiger partial charge in [-0.05, 0) is 40.7 Å². The van der Waals surface area contributed by atoms with Crippen LogP contribution in [0.1, 0.15) is 44.1 Å². The van der Waals surface area contributed by atoms with E-state index in [9.17, 15) is 4.79 Å². The van der Waals surface area contributed by atoms with Crippen LogP contribution in [0.15, 0.2) is 12.4 Å². The minimum atomic E-state index is -0.188. The molecule has 1 fully saturated rings. The van der Waals surface area contributed by atoms with Crippen molar-refractivity contribution in [1.29, 1.82) is 0 Å². The predicted octanol–water partition coefficient (Wildman–Crippen LogP) is 1.48. The summed E-state index contributed by atoms with van der Waals surface area (Å²) in [5, 5.41) is 2.93. The van der Waals surface area contributed by atoms with Crippen molar-refractivity contribution >= 4 is 5.91 Å². The summed E-state index contributed by atoms with van der Waals surface area (Å²) < 4.78 is 5.40.